The number of ether oxygens (including phenoxy) is 1. The highest BCUT2D eigenvalue weighted by Crippen LogP contribution is 2.30. The molecule has 4 aromatic rings. The van der Waals surface area contributed by atoms with E-state index in [2.05, 4.69) is 9.98 Å². The summed E-state index contributed by atoms with van der Waals surface area (Å²) in [5, 5.41) is 4.43. The normalized spacial score (nSPS) is 14.5. The van der Waals surface area contributed by atoms with Gasteiger partial charge in [0.25, 0.3) is 0 Å². The summed E-state index contributed by atoms with van der Waals surface area (Å²) in [4.78, 5) is 35.1. The summed E-state index contributed by atoms with van der Waals surface area (Å²) >= 11 is 1.31. The molecule has 0 aliphatic carbocycles. The second-order valence-electron chi connectivity index (χ2n) is 7.14. The molecule has 0 unspecified atom stereocenters. The van der Waals surface area contributed by atoms with Crippen LogP contribution in [0.3, 0.4) is 0 Å². The molecule has 3 aromatic carbocycles. The second kappa shape index (κ2) is 8.20. The van der Waals surface area contributed by atoms with Crippen molar-refractivity contribution in [2.45, 2.75) is 6.92 Å². The molecule has 0 N–H and O–H groups in total. The molecule has 0 radical (unpaired) electrons. The van der Waals surface area contributed by atoms with E-state index in [1.807, 2.05) is 72.8 Å². The largest absolute Gasteiger partial charge is 0.402 e. The van der Waals surface area contributed by atoms with Crippen LogP contribution >= 0.6 is 11.3 Å². The Bertz CT molecular complexity index is 1410. The zero-order chi connectivity index (χ0) is 22.1. The van der Waals surface area contributed by atoms with Gasteiger partial charge in [0.15, 0.2) is 10.8 Å². The topological polar surface area (TPSA) is 71.9 Å². The average molecular weight is 439 g/mol. The van der Waals surface area contributed by atoms with Gasteiger partial charge >= 0.3 is 5.97 Å². The van der Waals surface area contributed by atoms with Gasteiger partial charge in [-0.15, -0.1) is 11.3 Å². The number of aliphatic imine (C=N–C) groups is 1. The number of aromatic nitrogens is 1. The standard InChI is InChI=1S/C25H17N3O3S/c1-16(29)28(21-9-3-2-4-10-21)25-26-20(15-32-25)14-22-24(30)31-23(27-22)19-12-11-17-7-5-6-8-18(17)13-19/h2-15H,1H3/b22-14+. The molecular weight excluding hydrogens is 422 g/mol. The Kier molecular flexibility index (Phi) is 5.09. The minimum absolute atomic E-state index is 0.151. The number of rotatable bonds is 4. The molecule has 0 bridgehead atoms. The van der Waals surface area contributed by atoms with Gasteiger partial charge in [0, 0.05) is 17.9 Å². The number of cyclic esters (lactones) is 1. The molecule has 0 saturated heterocycles. The number of anilines is 2. The first-order valence-corrected chi connectivity index (χ1v) is 10.8. The lowest BCUT2D eigenvalue weighted by molar-refractivity contribution is -0.130. The monoisotopic (exact) mass is 439 g/mol. The van der Waals surface area contributed by atoms with Gasteiger partial charge in [-0.05, 0) is 41.1 Å². The first kappa shape index (κ1) is 19.8. The van der Waals surface area contributed by atoms with Crippen molar-refractivity contribution in [3.63, 3.8) is 0 Å². The molecule has 0 fully saturated rings. The Hall–Kier alpha value is -4.10. The summed E-state index contributed by atoms with van der Waals surface area (Å²) in [6.07, 6.45) is 1.57. The maximum absolute atomic E-state index is 12.4. The maximum Gasteiger partial charge on any atom is 0.363 e. The van der Waals surface area contributed by atoms with Crippen molar-refractivity contribution in [3.05, 3.63) is 95.1 Å². The molecule has 32 heavy (non-hydrogen) atoms. The Balaban J connectivity index is 1.45. The molecule has 7 heteroatoms. The van der Waals surface area contributed by atoms with Crippen LogP contribution in [-0.4, -0.2) is 22.8 Å². The molecule has 156 valence electrons. The van der Waals surface area contributed by atoms with E-state index in [1.165, 1.54) is 23.2 Å². The van der Waals surface area contributed by atoms with E-state index in [0.29, 0.717) is 10.8 Å². The molecular formula is C25H17N3O3S. The van der Waals surface area contributed by atoms with Gasteiger partial charge in [-0.25, -0.2) is 14.8 Å². The number of carbonyl (C=O) groups excluding carboxylic acids is 2. The minimum Gasteiger partial charge on any atom is -0.402 e. The van der Waals surface area contributed by atoms with Gasteiger partial charge in [0.2, 0.25) is 11.8 Å². The lowest BCUT2D eigenvalue weighted by atomic mass is 10.1. The van der Waals surface area contributed by atoms with Crippen LogP contribution in [0, 0.1) is 0 Å². The quantitative estimate of drug-likeness (QED) is 0.318. The Labute approximate surface area is 188 Å². The maximum atomic E-state index is 12.4. The number of hydrogen-bond donors (Lipinski definition) is 0. The highest BCUT2D eigenvalue weighted by molar-refractivity contribution is 7.14. The molecule has 0 atom stereocenters. The van der Waals surface area contributed by atoms with Gasteiger partial charge in [0.1, 0.15) is 0 Å². The van der Waals surface area contributed by atoms with Crippen molar-refractivity contribution in [1.29, 1.82) is 0 Å². The summed E-state index contributed by atoms with van der Waals surface area (Å²) in [6.45, 7) is 1.49. The third kappa shape index (κ3) is 3.81. The number of fused-ring (bicyclic) bond motifs is 1. The van der Waals surface area contributed by atoms with E-state index in [4.69, 9.17) is 4.74 Å². The molecule has 1 aromatic heterocycles. The number of esters is 1. The minimum atomic E-state index is -0.533. The van der Waals surface area contributed by atoms with Gasteiger partial charge < -0.3 is 4.74 Å². The van der Waals surface area contributed by atoms with Crippen LogP contribution in [0.25, 0.3) is 16.8 Å². The second-order valence-corrected chi connectivity index (χ2v) is 7.98. The van der Waals surface area contributed by atoms with Gasteiger partial charge in [-0.3, -0.25) is 9.69 Å². The lowest BCUT2D eigenvalue weighted by Crippen LogP contribution is -2.22. The number of hydrogen-bond acceptors (Lipinski definition) is 6. The van der Waals surface area contributed by atoms with Crippen LogP contribution in [0.5, 0.6) is 0 Å². The predicted octanol–water partition coefficient (Wildman–Crippen LogP) is 5.33. The molecule has 0 saturated carbocycles. The van der Waals surface area contributed by atoms with E-state index in [9.17, 15) is 9.59 Å². The van der Waals surface area contributed by atoms with E-state index in [-0.39, 0.29) is 17.5 Å². The Morgan fingerprint density at radius 3 is 2.53 bits per heavy atom. The lowest BCUT2D eigenvalue weighted by Gasteiger charge is -2.17. The molecule has 1 amide bonds. The zero-order valence-corrected chi connectivity index (χ0v) is 17.9. The number of amides is 1. The van der Waals surface area contributed by atoms with Crippen LogP contribution in [0.2, 0.25) is 0 Å². The number of nitrogens with zero attached hydrogens (tertiary/aromatic N) is 3. The van der Waals surface area contributed by atoms with Crippen molar-refractivity contribution in [3.8, 4) is 0 Å². The van der Waals surface area contributed by atoms with Crippen molar-refractivity contribution in [1.82, 2.24) is 4.98 Å². The molecule has 0 spiro atoms. The van der Waals surface area contributed by atoms with Gasteiger partial charge in [0.05, 0.1) is 11.4 Å². The summed E-state index contributed by atoms with van der Waals surface area (Å²) in [5.41, 5.74) is 2.15. The van der Waals surface area contributed by atoms with Crippen molar-refractivity contribution < 1.29 is 14.3 Å². The van der Waals surface area contributed by atoms with E-state index >= 15 is 0 Å². The molecule has 5 rings (SSSR count). The molecule has 1 aliphatic rings. The van der Waals surface area contributed by atoms with Crippen LogP contribution in [0.1, 0.15) is 18.2 Å². The fourth-order valence-electron chi connectivity index (χ4n) is 3.44. The number of para-hydroxylation sites is 1. The highest BCUT2D eigenvalue weighted by atomic mass is 32.1. The summed E-state index contributed by atoms with van der Waals surface area (Å²) in [6, 6.07) is 23.0. The number of thiazole rings is 1. The van der Waals surface area contributed by atoms with Crippen LogP contribution in [0.15, 0.2) is 88.9 Å². The fraction of sp³-hybridized carbons (Fsp3) is 0.0400. The predicted molar refractivity (Wildman–Crippen MR) is 126 cm³/mol. The summed E-state index contributed by atoms with van der Waals surface area (Å²) in [5.74, 6) is -0.423. The fourth-order valence-corrected chi connectivity index (χ4v) is 4.29. The zero-order valence-electron chi connectivity index (χ0n) is 17.1. The Morgan fingerprint density at radius 2 is 1.75 bits per heavy atom. The van der Waals surface area contributed by atoms with Crippen molar-refractivity contribution in [2.24, 2.45) is 4.99 Å². The van der Waals surface area contributed by atoms with Crippen LogP contribution in [-0.2, 0) is 14.3 Å². The molecule has 6 nitrogen and oxygen atoms in total. The first-order valence-electron chi connectivity index (χ1n) is 9.91. The van der Waals surface area contributed by atoms with Gasteiger partial charge in [-0.2, -0.15) is 0 Å². The van der Waals surface area contributed by atoms with E-state index in [0.717, 1.165) is 22.0 Å². The van der Waals surface area contributed by atoms with E-state index in [1.54, 1.807) is 11.5 Å². The van der Waals surface area contributed by atoms with Crippen LogP contribution < -0.4 is 4.90 Å². The van der Waals surface area contributed by atoms with Crippen molar-refractivity contribution >= 4 is 56.8 Å². The summed E-state index contributed by atoms with van der Waals surface area (Å²) < 4.78 is 5.40. The highest BCUT2D eigenvalue weighted by Gasteiger charge is 2.25. The smallest absolute Gasteiger partial charge is 0.363 e. The van der Waals surface area contributed by atoms with E-state index < -0.39 is 5.97 Å². The molecule has 1 aliphatic heterocycles. The van der Waals surface area contributed by atoms with Crippen LogP contribution in [0.4, 0.5) is 10.8 Å². The first-order chi connectivity index (χ1) is 15.6. The number of benzene rings is 3. The summed E-state index contributed by atoms with van der Waals surface area (Å²) in [7, 11) is 0. The SMILES string of the molecule is CC(=O)N(c1ccccc1)c1nc(/C=C2/N=C(c3ccc4ccccc4c3)OC2=O)cs1. The van der Waals surface area contributed by atoms with Crippen molar-refractivity contribution in [2.75, 3.05) is 4.90 Å². The third-order valence-corrected chi connectivity index (χ3v) is 5.78. The average Bonchev–Trinajstić information content (AvgIpc) is 3.41. The molecule has 2 heterocycles. The third-order valence-electron chi connectivity index (χ3n) is 4.93. The Morgan fingerprint density at radius 1 is 1.00 bits per heavy atom. The van der Waals surface area contributed by atoms with Gasteiger partial charge in [-0.1, -0.05) is 48.5 Å². The number of carbonyl (C=O) groups is 2.